The van der Waals surface area contributed by atoms with Crippen molar-refractivity contribution in [3.63, 3.8) is 0 Å². The highest BCUT2D eigenvalue weighted by Crippen LogP contribution is 2.26. The first-order valence-corrected chi connectivity index (χ1v) is 15.9. The minimum Gasteiger partial charge on any atom is -0.436 e. The van der Waals surface area contributed by atoms with E-state index in [9.17, 15) is 24.5 Å². The lowest BCUT2D eigenvalue weighted by Crippen LogP contribution is -2.30. The highest BCUT2D eigenvalue weighted by Gasteiger charge is 2.16. The molecule has 11 nitrogen and oxygen atoms in total. The Hall–Kier alpha value is -6.53. The van der Waals surface area contributed by atoms with E-state index in [2.05, 4.69) is 20.9 Å². The molecule has 0 spiro atoms. The van der Waals surface area contributed by atoms with Gasteiger partial charge in [-0.1, -0.05) is 30.3 Å². The van der Waals surface area contributed by atoms with Gasteiger partial charge < -0.3 is 20.4 Å². The van der Waals surface area contributed by atoms with Crippen LogP contribution in [0.25, 0.3) is 28.6 Å². The maximum absolute atomic E-state index is 13.3. The Bertz CT molecular complexity index is 2130. The van der Waals surface area contributed by atoms with Crippen molar-refractivity contribution in [1.82, 2.24) is 10.3 Å². The number of fused-ring (bicyclic) bond motifs is 1. The van der Waals surface area contributed by atoms with Gasteiger partial charge in [0.15, 0.2) is 5.58 Å². The standard InChI is InChI=1S/C37H27N5O6S/c43-34(38-27-14-12-26(13-15-27)37-41-31-8-4-5-9-33(31)48-37)23-49-30-20-16-28(17-21-30)39-36(45)32(40-35(44)25-6-2-1-3-7-25)22-24-10-18-29(19-11-24)42(46)47/h1-22H,23H2,(H,38,43)(H,39,45)(H,40,44)/b32-22-. The molecule has 6 aromatic rings. The molecule has 0 aliphatic heterocycles. The predicted octanol–water partition coefficient (Wildman–Crippen LogP) is 7.54. The number of thioether (sulfide) groups is 1. The van der Waals surface area contributed by atoms with Crippen LogP contribution in [-0.2, 0) is 9.59 Å². The van der Waals surface area contributed by atoms with Crippen LogP contribution in [0.3, 0.4) is 0 Å². The van der Waals surface area contributed by atoms with Gasteiger partial charge in [0.05, 0.1) is 10.7 Å². The number of aromatic nitrogens is 1. The Morgan fingerprint density at radius 2 is 1.43 bits per heavy atom. The molecule has 0 atom stereocenters. The molecule has 6 rings (SSSR count). The molecule has 0 saturated carbocycles. The summed E-state index contributed by atoms with van der Waals surface area (Å²) in [6.45, 7) is 0. The average Bonchev–Trinajstić information content (AvgIpc) is 3.56. The molecule has 49 heavy (non-hydrogen) atoms. The Balaban J connectivity index is 1.05. The van der Waals surface area contributed by atoms with E-state index in [0.717, 1.165) is 16.0 Å². The Labute approximate surface area is 284 Å². The molecule has 0 aliphatic carbocycles. The highest BCUT2D eigenvalue weighted by atomic mass is 32.2. The molecule has 1 aromatic heterocycles. The number of hydrogen-bond acceptors (Lipinski definition) is 8. The van der Waals surface area contributed by atoms with Gasteiger partial charge in [0.1, 0.15) is 11.2 Å². The first-order valence-electron chi connectivity index (χ1n) is 14.9. The van der Waals surface area contributed by atoms with Gasteiger partial charge in [0.2, 0.25) is 11.8 Å². The minimum atomic E-state index is -0.593. The number of nitro groups is 1. The fourth-order valence-electron chi connectivity index (χ4n) is 4.67. The quantitative estimate of drug-likeness (QED) is 0.0553. The molecule has 5 aromatic carbocycles. The molecule has 0 unspecified atom stereocenters. The molecule has 0 fully saturated rings. The van der Waals surface area contributed by atoms with Crippen LogP contribution in [0.15, 0.2) is 142 Å². The average molecular weight is 670 g/mol. The Morgan fingerprint density at radius 3 is 2.12 bits per heavy atom. The summed E-state index contributed by atoms with van der Waals surface area (Å²) in [5.41, 5.74) is 4.05. The van der Waals surface area contributed by atoms with E-state index >= 15 is 0 Å². The third-order valence-corrected chi connectivity index (χ3v) is 8.15. The molecule has 242 valence electrons. The van der Waals surface area contributed by atoms with Crippen molar-refractivity contribution < 1.29 is 23.7 Å². The van der Waals surface area contributed by atoms with Crippen molar-refractivity contribution in [2.75, 3.05) is 16.4 Å². The zero-order valence-electron chi connectivity index (χ0n) is 25.7. The van der Waals surface area contributed by atoms with Gasteiger partial charge in [0.25, 0.3) is 17.5 Å². The van der Waals surface area contributed by atoms with Crippen molar-refractivity contribution in [2.45, 2.75) is 4.90 Å². The summed E-state index contributed by atoms with van der Waals surface area (Å²) < 4.78 is 5.81. The smallest absolute Gasteiger partial charge is 0.272 e. The highest BCUT2D eigenvalue weighted by molar-refractivity contribution is 8.00. The first-order chi connectivity index (χ1) is 23.8. The van der Waals surface area contributed by atoms with Crippen LogP contribution in [0.5, 0.6) is 0 Å². The second-order valence-corrected chi connectivity index (χ2v) is 11.7. The number of carbonyl (C=O) groups excluding carboxylic acids is 3. The summed E-state index contributed by atoms with van der Waals surface area (Å²) in [6.07, 6.45) is 1.44. The summed E-state index contributed by atoms with van der Waals surface area (Å²) >= 11 is 1.33. The van der Waals surface area contributed by atoms with Crippen LogP contribution in [0.2, 0.25) is 0 Å². The maximum Gasteiger partial charge on any atom is 0.272 e. The van der Waals surface area contributed by atoms with Crippen molar-refractivity contribution in [3.8, 4) is 11.5 Å². The van der Waals surface area contributed by atoms with E-state index < -0.39 is 16.7 Å². The third-order valence-electron chi connectivity index (χ3n) is 7.14. The minimum absolute atomic E-state index is 0.0558. The largest absolute Gasteiger partial charge is 0.436 e. The van der Waals surface area contributed by atoms with Gasteiger partial charge in [0, 0.05) is 39.5 Å². The summed E-state index contributed by atoms with van der Waals surface area (Å²) in [5.74, 6) is -0.612. The van der Waals surface area contributed by atoms with Crippen molar-refractivity contribution in [2.24, 2.45) is 0 Å². The molecule has 1 heterocycles. The van der Waals surface area contributed by atoms with Gasteiger partial charge in [-0.25, -0.2) is 4.98 Å². The second-order valence-electron chi connectivity index (χ2n) is 10.6. The van der Waals surface area contributed by atoms with Crippen LogP contribution >= 0.6 is 11.8 Å². The Kier molecular flexibility index (Phi) is 9.87. The molecular weight excluding hydrogens is 643 g/mol. The number of hydrogen-bond donors (Lipinski definition) is 3. The lowest BCUT2D eigenvalue weighted by molar-refractivity contribution is -0.384. The molecule has 3 amide bonds. The number of nitrogens with zero attached hydrogens (tertiary/aromatic N) is 2. The number of non-ortho nitro benzene ring substituents is 1. The third kappa shape index (κ3) is 8.44. The lowest BCUT2D eigenvalue weighted by Gasteiger charge is -2.12. The molecule has 3 N–H and O–H groups in total. The number of nitrogens with one attached hydrogen (secondary N) is 3. The summed E-state index contributed by atoms with van der Waals surface area (Å²) in [4.78, 5) is 54.6. The summed E-state index contributed by atoms with van der Waals surface area (Å²) in [6, 6.07) is 35.7. The normalized spacial score (nSPS) is 11.1. The van der Waals surface area contributed by atoms with Crippen molar-refractivity contribution in [3.05, 3.63) is 154 Å². The van der Waals surface area contributed by atoms with E-state index in [-0.39, 0.29) is 23.0 Å². The molecule has 0 saturated heterocycles. The number of oxazole rings is 1. The summed E-state index contributed by atoms with van der Waals surface area (Å²) in [7, 11) is 0. The number of carbonyl (C=O) groups is 3. The fourth-order valence-corrected chi connectivity index (χ4v) is 5.37. The SMILES string of the molecule is O=C(CSc1ccc(NC(=O)/C(=C/c2ccc([N+](=O)[O-])cc2)NC(=O)c2ccccc2)cc1)Nc1ccc(-c2nc3ccccc3o2)cc1. The van der Waals surface area contributed by atoms with Crippen LogP contribution in [-0.4, -0.2) is 33.4 Å². The number of benzene rings is 5. The molecule has 12 heteroatoms. The molecule has 0 bridgehead atoms. The van der Waals surface area contributed by atoms with Crippen LogP contribution in [0.1, 0.15) is 15.9 Å². The topological polar surface area (TPSA) is 156 Å². The number of nitro benzene ring substituents is 1. The van der Waals surface area contributed by atoms with E-state index in [0.29, 0.717) is 34.0 Å². The van der Waals surface area contributed by atoms with Gasteiger partial charge in [-0.05, 0) is 96.6 Å². The fraction of sp³-hybridized carbons (Fsp3) is 0.0270. The van der Waals surface area contributed by atoms with Crippen LogP contribution in [0.4, 0.5) is 17.1 Å². The maximum atomic E-state index is 13.3. The first kappa shape index (κ1) is 32.4. The zero-order chi connectivity index (χ0) is 34.2. The zero-order valence-corrected chi connectivity index (χ0v) is 26.5. The Morgan fingerprint density at radius 1 is 0.776 bits per heavy atom. The van der Waals surface area contributed by atoms with Gasteiger partial charge >= 0.3 is 0 Å². The van der Waals surface area contributed by atoms with E-state index in [1.54, 1.807) is 66.7 Å². The summed E-state index contributed by atoms with van der Waals surface area (Å²) in [5, 5.41) is 19.3. The molecule has 0 radical (unpaired) electrons. The van der Waals surface area contributed by atoms with Crippen LogP contribution < -0.4 is 16.0 Å². The number of rotatable bonds is 11. The van der Waals surface area contributed by atoms with Gasteiger partial charge in [-0.2, -0.15) is 0 Å². The number of para-hydroxylation sites is 2. The second kappa shape index (κ2) is 14.9. The van der Waals surface area contributed by atoms with Gasteiger partial charge in [-0.3, -0.25) is 24.5 Å². The van der Waals surface area contributed by atoms with Crippen molar-refractivity contribution >= 4 is 63.7 Å². The lowest BCUT2D eigenvalue weighted by atomic mass is 10.1. The van der Waals surface area contributed by atoms with E-state index in [1.807, 2.05) is 36.4 Å². The monoisotopic (exact) mass is 669 g/mol. The molecular formula is C37H27N5O6S. The predicted molar refractivity (Wildman–Crippen MR) is 189 cm³/mol. The van der Waals surface area contributed by atoms with E-state index in [1.165, 1.54) is 42.1 Å². The van der Waals surface area contributed by atoms with Gasteiger partial charge in [-0.15, -0.1) is 11.8 Å². The van der Waals surface area contributed by atoms with Crippen molar-refractivity contribution in [1.29, 1.82) is 0 Å². The molecule has 0 aliphatic rings. The number of anilines is 2. The van der Waals surface area contributed by atoms with E-state index in [4.69, 9.17) is 4.42 Å². The number of amides is 3. The van der Waals surface area contributed by atoms with Crippen LogP contribution in [0, 0.1) is 10.1 Å².